The summed E-state index contributed by atoms with van der Waals surface area (Å²) in [6, 6.07) is 6.34. The summed E-state index contributed by atoms with van der Waals surface area (Å²) in [4.78, 5) is 26.4. The van der Waals surface area contributed by atoms with Crippen molar-refractivity contribution in [3.05, 3.63) is 29.3 Å². The Bertz CT molecular complexity index is 549. The van der Waals surface area contributed by atoms with Gasteiger partial charge >= 0.3 is 12.0 Å². The van der Waals surface area contributed by atoms with E-state index < -0.39 is 5.97 Å². The Morgan fingerprint density at radius 2 is 2.10 bits per heavy atom. The van der Waals surface area contributed by atoms with E-state index in [-0.39, 0.29) is 12.6 Å². The quantitative estimate of drug-likeness (QED) is 0.909. The van der Waals surface area contributed by atoms with Gasteiger partial charge in [-0.05, 0) is 36.5 Å². The first kappa shape index (κ1) is 15.6. The number of halogens is 1. The van der Waals surface area contributed by atoms with Crippen molar-refractivity contribution in [2.45, 2.75) is 13.3 Å². The number of hydrogen-bond donors (Lipinski definition) is 1. The van der Waals surface area contributed by atoms with E-state index in [1.54, 1.807) is 36.2 Å². The minimum atomic E-state index is -1.06. The summed E-state index contributed by atoms with van der Waals surface area (Å²) < 4.78 is 0. The van der Waals surface area contributed by atoms with Gasteiger partial charge in [0.05, 0.1) is 0 Å². The third-order valence-corrected chi connectivity index (χ3v) is 3.99. The number of anilines is 1. The average Bonchev–Trinajstić information content (AvgIpc) is 3.10. The molecule has 21 heavy (non-hydrogen) atoms. The highest BCUT2D eigenvalue weighted by Crippen LogP contribution is 2.38. The normalized spacial score (nSPS) is 20.0. The van der Waals surface area contributed by atoms with Crippen LogP contribution in [0.25, 0.3) is 0 Å². The van der Waals surface area contributed by atoms with E-state index in [0.717, 1.165) is 6.42 Å². The van der Waals surface area contributed by atoms with Crippen LogP contribution in [0.4, 0.5) is 10.5 Å². The number of carboxylic acids is 1. The first-order valence-corrected chi connectivity index (χ1v) is 7.26. The number of carbonyl (C=O) groups is 2. The molecule has 0 radical (unpaired) electrons. The largest absolute Gasteiger partial charge is 0.480 e. The second-order valence-electron chi connectivity index (χ2n) is 5.60. The lowest BCUT2D eigenvalue weighted by Gasteiger charge is -2.27. The molecule has 1 aromatic carbocycles. The van der Waals surface area contributed by atoms with Gasteiger partial charge < -0.3 is 10.0 Å². The number of aliphatic carboxylic acids is 1. The number of benzene rings is 1. The van der Waals surface area contributed by atoms with Gasteiger partial charge in [0.1, 0.15) is 6.54 Å². The molecule has 0 aliphatic heterocycles. The lowest BCUT2D eigenvalue weighted by atomic mass is 10.3. The summed E-state index contributed by atoms with van der Waals surface area (Å²) in [6.07, 6.45) is 1.12. The fraction of sp³-hybridized carbons (Fsp3) is 0.467. The summed E-state index contributed by atoms with van der Waals surface area (Å²) in [7, 11) is 1.70. The lowest BCUT2D eigenvalue weighted by Crippen LogP contribution is -2.44. The molecule has 2 rings (SSSR count). The average molecular weight is 311 g/mol. The molecule has 1 fully saturated rings. The molecule has 6 heteroatoms. The van der Waals surface area contributed by atoms with Crippen LogP contribution in [0.2, 0.25) is 5.02 Å². The van der Waals surface area contributed by atoms with Crippen molar-refractivity contribution >= 4 is 29.3 Å². The zero-order valence-electron chi connectivity index (χ0n) is 12.1. The van der Waals surface area contributed by atoms with Crippen LogP contribution in [0.5, 0.6) is 0 Å². The van der Waals surface area contributed by atoms with Crippen molar-refractivity contribution in [1.29, 1.82) is 0 Å². The SMILES string of the molecule is CC1CC1CN(C)C(=O)N(CC(=O)O)c1cccc(Cl)c1. The molecule has 2 atom stereocenters. The molecule has 2 amide bonds. The maximum Gasteiger partial charge on any atom is 0.324 e. The Kier molecular flexibility index (Phi) is 4.73. The van der Waals surface area contributed by atoms with Crippen LogP contribution >= 0.6 is 11.6 Å². The summed E-state index contributed by atoms with van der Waals surface area (Å²) in [5.74, 6) is 0.0980. The molecule has 5 nitrogen and oxygen atoms in total. The molecule has 0 aromatic heterocycles. The maximum absolute atomic E-state index is 12.5. The van der Waals surface area contributed by atoms with E-state index >= 15 is 0 Å². The Labute approximate surface area is 129 Å². The Morgan fingerprint density at radius 1 is 1.43 bits per heavy atom. The molecule has 1 aromatic rings. The molecule has 1 saturated carbocycles. The van der Waals surface area contributed by atoms with Crippen molar-refractivity contribution in [1.82, 2.24) is 4.90 Å². The molecule has 114 valence electrons. The van der Waals surface area contributed by atoms with Crippen LogP contribution in [0.15, 0.2) is 24.3 Å². The van der Waals surface area contributed by atoms with Gasteiger partial charge in [0.2, 0.25) is 0 Å². The van der Waals surface area contributed by atoms with Gasteiger partial charge in [-0.3, -0.25) is 9.69 Å². The molecular weight excluding hydrogens is 292 g/mol. The topological polar surface area (TPSA) is 60.9 Å². The van der Waals surface area contributed by atoms with E-state index in [1.165, 1.54) is 4.90 Å². The number of hydrogen-bond acceptors (Lipinski definition) is 2. The van der Waals surface area contributed by atoms with E-state index in [4.69, 9.17) is 16.7 Å². The van der Waals surface area contributed by atoms with Crippen LogP contribution in [0.3, 0.4) is 0 Å². The molecule has 0 saturated heterocycles. The number of nitrogens with zero attached hydrogens (tertiary/aromatic N) is 2. The molecule has 0 heterocycles. The number of carboxylic acid groups (broad SMARTS) is 1. The highest BCUT2D eigenvalue weighted by molar-refractivity contribution is 6.30. The fourth-order valence-corrected chi connectivity index (χ4v) is 2.52. The first-order chi connectivity index (χ1) is 9.88. The third kappa shape index (κ3) is 4.11. The second-order valence-corrected chi connectivity index (χ2v) is 6.03. The van der Waals surface area contributed by atoms with E-state index in [9.17, 15) is 9.59 Å². The molecular formula is C15H19ClN2O3. The maximum atomic E-state index is 12.5. The molecule has 1 N–H and O–H groups in total. The summed E-state index contributed by atoms with van der Waals surface area (Å²) in [5, 5.41) is 9.50. The Morgan fingerprint density at radius 3 is 2.62 bits per heavy atom. The molecule has 2 unspecified atom stereocenters. The van der Waals surface area contributed by atoms with Crippen LogP contribution in [-0.4, -0.2) is 42.1 Å². The van der Waals surface area contributed by atoms with Crippen molar-refractivity contribution in [2.24, 2.45) is 11.8 Å². The lowest BCUT2D eigenvalue weighted by molar-refractivity contribution is -0.135. The van der Waals surface area contributed by atoms with E-state index in [2.05, 4.69) is 6.92 Å². The molecule has 0 bridgehead atoms. The van der Waals surface area contributed by atoms with Crippen molar-refractivity contribution in [3.8, 4) is 0 Å². The van der Waals surface area contributed by atoms with Gasteiger partial charge in [0.15, 0.2) is 0 Å². The number of carbonyl (C=O) groups excluding carboxylic acids is 1. The van der Waals surface area contributed by atoms with Gasteiger partial charge in [-0.1, -0.05) is 24.6 Å². The first-order valence-electron chi connectivity index (χ1n) is 6.88. The zero-order valence-corrected chi connectivity index (χ0v) is 12.9. The standard InChI is InChI=1S/C15H19ClN2O3/c1-10-6-11(10)8-17(2)15(21)18(9-14(19)20)13-5-3-4-12(16)7-13/h3-5,7,10-11H,6,8-9H2,1-2H3,(H,19,20). The van der Waals surface area contributed by atoms with Gasteiger partial charge in [0.25, 0.3) is 0 Å². The van der Waals surface area contributed by atoms with Gasteiger partial charge in [0, 0.05) is 24.3 Å². The Balaban J connectivity index is 2.14. The smallest absolute Gasteiger partial charge is 0.324 e. The van der Waals surface area contributed by atoms with E-state index in [1.807, 2.05) is 0 Å². The minimum absolute atomic E-state index is 0.321. The van der Waals surface area contributed by atoms with Crippen molar-refractivity contribution in [2.75, 3.05) is 25.0 Å². The second kappa shape index (κ2) is 6.35. The highest BCUT2D eigenvalue weighted by atomic mass is 35.5. The van der Waals surface area contributed by atoms with Gasteiger partial charge in [-0.15, -0.1) is 0 Å². The number of amides is 2. The number of urea groups is 1. The third-order valence-electron chi connectivity index (χ3n) is 3.76. The minimum Gasteiger partial charge on any atom is -0.480 e. The van der Waals surface area contributed by atoms with Crippen molar-refractivity contribution in [3.63, 3.8) is 0 Å². The molecule has 1 aliphatic rings. The predicted octanol–water partition coefficient (Wildman–Crippen LogP) is 2.94. The van der Waals surface area contributed by atoms with Gasteiger partial charge in [-0.25, -0.2) is 4.79 Å². The highest BCUT2D eigenvalue weighted by Gasteiger charge is 2.35. The van der Waals surface area contributed by atoms with Gasteiger partial charge in [-0.2, -0.15) is 0 Å². The van der Waals surface area contributed by atoms with Crippen LogP contribution in [0.1, 0.15) is 13.3 Å². The molecule has 1 aliphatic carbocycles. The van der Waals surface area contributed by atoms with E-state index in [0.29, 0.717) is 29.1 Å². The molecule has 0 spiro atoms. The van der Waals surface area contributed by atoms with Crippen LogP contribution in [0, 0.1) is 11.8 Å². The monoisotopic (exact) mass is 310 g/mol. The fourth-order valence-electron chi connectivity index (χ4n) is 2.34. The summed E-state index contributed by atoms with van der Waals surface area (Å²) >= 11 is 5.92. The van der Waals surface area contributed by atoms with Crippen molar-refractivity contribution < 1.29 is 14.7 Å². The predicted molar refractivity (Wildman–Crippen MR) is 81.7 cm³/mol. The van der Waals surface area contributed by atoms with Crippen LogP contribution < -0.4 is 4.90 Å². The van der Waals surface area contributed by atoms with Crippen LogP contribution in [-0.2, 0) is 4.79 Å². The number of rotatable bonds is 5. The zero-order chi connectivity index (χ0) is 15.6. The Hall–Kier alpha value is -1.75. The summed E-state index contributed by atoms with van der Waals surface area (Å²) in [5.41, 5.74) is 0.491. The summed E-state index contributed by atoms with van der Waals surface area (Å²) in [6.45, 7) is 2.41.